The molecule has 1 amide bonds. The summed E-state index contributed by atoms with van der Waals surface area (Å²) in [5.41, 5.74) is 0. The van der Waals surface area contributed by atoms with Crippen LogP contribution in [0.4, 0.5) is 5.95 Å². The highest BCUT2D eigenvalue weighted by Crippen LogP contribution is 2.15. The molecule has 1 aromatic heterocycles. The second kappa shape index (κ2) is 8.68. The molecule has 0 aliphatic carbocycles. The molecule has 0 radical (unpaired) electrons. The number of piperidine rings is 1. The molecule has 22 heavy (non-hydrogen) atoms. The van der Waals surface area contributed by atoms with Crippen LogP contribution in [-0.4, -0.2) is 47.7 Å². The number of hydrogen-bond donors (Lipinski definition) is 1. The van der Waals surface area contributed by atoms with Crippen LogP contribution < -0.4 is 10.2 Å². The van der Waals surface area contributed by atoms with Gasteiger partial charge in [-0.1, -0.05) is 13.3 Å². The Bertz CT molecular complexity index is 455. The van der Waals surface area contributed by atoms with Crippen molar-refractivity contribution >= 4 is 11.9 Å². The molecule has 0 saturated carbocycles. The van der Waals surface area contributed by atoms with Crippen LogP contribution in [0.5, 0.6) is 0 Å². The summed E-state index contributed by atoms with van der Waals surface area (Å²) in [7, 11) is 0. The van der Waals surface area contributed by atoms with Gasteiger partial charge in [0.1, 0.15) is 6.10 Å². The van der Waals surface area contributed by atoms with E-state index in [0.717, 1.165) is 44.7 Å². The van der Waals surface area contributed by atoms with Gasteiger partial charge in [-0.2, -0.15) is 0 Å². The minimum atomic E-state index is -0.394. The molecule has 0 aromatic carbocycles. The average Bonchev–Trinajstić information content (AvgIpc) is 2.56. The van der Waals surface area contributed by atoms with Gasteiger partial charge in [-0.15, -0.1) is 0 Å². The Morgan fingerprint density at radius 1 is 1.50 bits per heavy atom. The molecule has 2 heterocycles. The van der Waals surface area contributed by atoms with Gasteiger partial charge in [0.05, 0.1) is 0 Å². The van der Waals surface area contributed by atoms with Crippen molar-refractivity contribution in [1.29, 1.82) is 0 Å². The van der Waals surface area contributed by atoms with E-state index in [-0.39, 0.29) is 11.9 Å². The number of amides is 1. The van der Waals surface area contributed by atoms with E-state index in [0.29, 0.717) is 6.61 Å². The van der Waals surface area contributed by atoms with Gasteiger partial charge in [0.15, 0.2) is 0 Å². The second-order valence-corrected chi connectivity index (χ2v) is 5.71. The third kappa shape index (κ3) is 4.94. The Kier molecular flexibility index (Phi) is 6.58. The molecular formula is C16H26N4O2. The smallest absolute Gasteiger partial charge is 0.249 e. The Labute approximate surface area is 132 Å². The van der Waals surface area contributed by atoms with E-state index in [9.17, 15) is 4.79 Å². The lowest BCUT2D eigenvalue weighted by Gasteiger charge is -2.33. The van der Waals surface area contributed by atoms with E-state index in [1.165, 1.54) is 0 Å². The highest BCUT2D eigenvalue weighted by atomic mass is 16.5. The lowest BCUT2D eigenvalue weighted by atomic mass is 10.1. The molecule has 1 N–H and O–H groups in total. The van der Waals surface area contributed by atoms with Crippen molar-refractivity contribution in [2.75, 3.05) is 24.6 Å². The lowest BCUT2D eigenvalue weighted by Crippen LogP contribution is -2.50. The summed E-state index contributed by atoms with van der Waals surface area (Å²) in [6.45, 7) is 6.23. The Morgan fingerprint density at radius 3 is 3.00 bits per heavy atom. The highest BCUT2D eigenvalue weighted by Gasteiger charge is 2.24. The number of ether oxygens (including phenoxy) is 1. The number of nitrogens with zero attached hydrogens (tertiary/aromatic N) is 3. The maximum absolute atomic E-state index is 12.2. The van der Waals surface area contributed by atoms with Gasteiger partial charge in [-0.05, 0) is 32.3 Å². The maximum atomic E-state index is 12.2. The minimum Gasteiger partial charge on any atom is -0.369 e. The van der Waals surface area contributed by atoms with Crippen molar-refractivity contribution in [3.8, 4) is 0 Å². The fourth-order valence-corrected chi connectivity index (χ4v) is 2.53. The first kappa shape index (κ1) is 16.7. The van der Waals surface area contributed by atoms with Crippen LogP contribution in [0.15, 0.2) is 18.5 Å². The van der Waals surface area contributed by atoms with Crippen LogP contribution in [0, 0.1) is 0 Å². The van der Waals surface area contributed by atoms with Gasteiger partial charge in [0.2, 0.25) is 11.9 Å². The van der Waals surface area contributed by atoms with Crippen molar-refractivity contribution in [3.05, 3.63) is 18.5 Å². The molecule has 1 saturated heterocycles. The Morgan fingerprint density at radius 2 is 2.27 bits per heavy atom. The predicted octanol–water partition coefficient (Wildman–Crippen LogP) is 1.77. The molecule has 2 rings (SSSR count). The monoisotopic (exact) mass is 306 g/mol. The first-order chi connectivity index (χ1) is 10.7. The maximum Gasteiger partial charge on any atom is 0.249 e. The summed E-state index contributed by atoms with van der Waals surface area (Å²) in [6.07, 6.45) is 7.16. The standard InChI is InChI=1S/C16H26N4O2/c1-3-4-11-22-13(2)15(21)19-14-7-5-10-20(12-14)16-17-8-6-9-18-16/h6,8-9,13-14H,3-5,7,10-12H2,1-2H3,(H,19,21)/t13-,14+/m0/s1. The molecular weight excluding hydrogens is 280 g/mol. The van der Waals surface area contributed by atoms with Crippen molar-refractivity contribution in [1.82, 2.24) is 15.3 Å². The molecule has 0 spiro atoms. The normalized spacial score (nSPS) is 19.7. The lowest BCUT2D eigenvalue weighted by molar-refractivity contribution is -0.132. The molecule has 1 aliphatic rings. The van der Waals surface area contributed by atoms with E-state index < -0.39 is 6.10 Å². The third-order valence-electron chi connectivity index (χ3n) is 3.84. The fourth-order valence-electron chi connectivity index (χ4n) is 2.53. The van der Waals surface area contributed by atoms with E-state index in [1.54, 1.807) is 12.4 Å². The summed E-state index contributed by atoms with van der Waals surface area (Å²) in [5, 5.41) is 3.08. The van der Waals surface area contributed by atoms with Gasteiger partial charge >= 0.3 is 0 Å². The molecule has 6 nitrogen and oxygen atoms in total. The SMILES string of the molecule is CCCCO[C@@H](C)C(=O)N[C@@H]1CCCN(c2ncccn2)C1. The van der Waals surface area contributed by atoms with Crippen molar-refractivity contribution < 1.29 is 9.53 Å². The van der Waals surface area contributed by atoms with E-state index >= 15 is 0 Å². The predicted molar refractivity (Wildman–Crippen MR) is 85.7 cm³/mol. The number of nitrogens with one attached hydrogen (secondary N) is 1. The summed E-state index contributed by atoms with van der Waals surface area (Å²) in [6, 6.07) is 1.93. The fraction of sp³-hybridized carbons (Fsp3) is 0.688. The van der Waals surface area contributed by atoms with E-state index in [2.05, 4.69) is 27.1 Å². The molecule has 1 fully saturated rings. The number of carbonyl (C=O) groups is 1. The number of hydrogen-bond acceptors (Lipinski definition) is 5. The summed E-state index contributed by atoms with van der Waals surface area (Å²) in [5.74, 6) is 0.700. The van der Waals surface area contributed by atoms with Crippen LogP contribution in [0.1, 0.15) is 39.5 Å². The van der Waals surface area contributed by atoms with Crippen molar-refractivity contribution in [3.63, 3.8) is 0 Å². The molecule has 0 bridgehead atoms. The van der Waals surface area contributed by atoms with Gasteiger partial charge < -0.3 is 15.0 Å². The number of carbonyl (C=O) groups excluding carboxylic acids is 1. The summed E-state index contributed by atoms with van der Waals surface area (Å²) in [4.78, 5) is 22.8. The van der Waals surface area contributed by atoms with E-state index in [4.69, 9.17) is 4.74 Å². The van der Waals surface area contributed by atoms with Crippen molar-refractivity contribution in [2.24, 2.45) is 0 Å². The number of rotatable bonds is 7. The Hall–Kier alpha value is -1.69. The third-order valence-corrected chi connectivity index (χ3v) is 3.84. The average molecular weight is 306 g/mol. The number of aromatic nitrogens is 2. The topological polar surface area (TPSA) is 67.3 Å². The molecule has 122 valence electrons. The molecule has 2 atom stereocenters. The van der Waals surface area contributed by atoms with Crippen LogP contribution >= 0.6 is 0 Å². The zero-order valence-corrected chi connectivity index (χ0v) is 13.5. The highest BCUT2D eigenvalue weighted by molar-refractivity contribution is 5.80. The van der Waals surface area contributed by atoms with Crippen LogP contribution in [0.3, 0.4) is 0 Å². The van der Waals surface area contributed by atoms with Crippen LogP contribution in [-0.2, 0) is 9.53 Å². The van der Waals surface area contributed by atoms with Crippen LogP contribution in [0.25, 0.3) is 0 Å². The van der Waals surface area contributed by atoms with Crippen molar-refractivity contribution in [2.45, 2.75) is 51.7 Å². The first-order valence-electron chi connectivity index (χ1n) is 8.14. The number of unbranched alkanes of at least 4 members (excludes halogenated alkanes) is 1. The van der Waals surface area contributed by atoms with Gasteiger partial charge in [-0.25, -0.2) is 9.97 Å². The number of anilines is 1. The Balaban J connectivity index is 1.81. The van der Waals surface area contributed by atoms with Gasteiger partial charge in [-0.3, -0.25) is 4.79 Å². The summed E-state index contributed by atoms with van der Waals surface area (Å²) >= 11 is 0. The summed E-state index contributed by atoms with van der Waals surface area (Å²) < 4.78 is 5.55. The van der Waals surface area contributed by atoms with E-state index in [1.807, 2.05) is 13.0 Å². The zero-order chi connectivity index (χ0) is 15.8. The quantitative estimate of drug-likeness (QED) is 0.778. The van der Waals surface area contributed by atoms with Crippen LogP contribution in [0.2, 0.25) is 0 Å². The van der Waals surface area contributed by atoms with Gasteiger partial charge in [0.25, 0.3) is 0 Å². The van der Waals surface area contributed by atoms with Gasteiger partial charge in [0, 0.05) is 38.1 Å². The minimum absolute atomic E-state index is 0.0306. The second-order valence-electron chi connectivity index (χ2n) is 5.71. The molecule has 1 aromatic rings. The molecule has 6 heteroatoms. The first-order valence-corrected chi connectivity index (χ1v) is 8.14. The zero-order valence-electron chi connectivity index (χ0n) is 13.5. The molecule has 0 unspecified atom stereocenters. The largest absolute Gasteiger partial charge is 0.369 e. The molecule has 1 aliphatic heterocycles.